The zero-order valence-electron chi connectivity index (χ0n) is 10.4. The molecule has 1 aromatic carbocycles. The van der Waals surface area contributed by atoms with Crippen molar-refractivity contribution >= 4 is 17.5 Å². The average Bonchev–Trinajstić information content (AvgIpc) is 2.30. The van der Waals surface area contributed by atoms with Gasteiger partial charge in [0.25, 0.3) is 0 Å². The molecule has 0 N–H and O–H groups in total. The van der Waals surface area contributed by atoms with Gasteiger partial charge in [-0.1, -0.05) is 30.7 Å². The smallest absolute Gasteiger partial charge is 0.246 e. The Bertz CT molecular complexity index is 364. The summed E-state index contributed by atoms with van der Waals surface area (Å²) in [4.78, 5) is 16.5. The molecule has 94 valence electrons. The normalized spacial score (nSPS) is 12.2. The van der Waals surface area contributed by atoms with Crippen LogP contribution in [0.3, 0.4) is 0 Å². The summed E-state index contributed by atoms with van der Waals surface area (Å²) in [6.07, 6.45) is 1.34. The third-order valence-electron chi connectivity index (χ3n) is 2.65. The van der Waals surface area contributed by atoms with E-state index in [9.17, 15) is 4.79 Å². The van der Waals surface area contributed by atoms with Gasteiger partial charge >= 0.3 is 0 Å². The number of halogens is 1. The van der Waals surface area contributed by atoms with Crippen molar-refractivity contribution < 1.29 is 9.63 Å². The van der Waals surface area contributed by atoms with Crippen LogP contribution in [0.5, 0.6) is 0 Å². The van der Waals surface area contributed by atoms with Gasteiger partial charge in [0.2, 0.25) is 5.91 Å². The van der Waals surface area contributed by atoms with E-state index in [4.69, 9.17) is 16.4 Å². The highest BCUT2D eigenvalue weighted by Crippen LogP contribution is 2.15. The van der Waals surface area contributed by atoms with Crippen LogP contribution in [0.25, 0.3) is 0 Å². The lowest BCUT2D eigenvalue weighted by molar-refractivity contribution is -0.169. The van der Waals surface area contributed by atoms with Gasteiger partial charge in [-0.15, -0.1) is 0 Å². The molecule has 0 saturated carbocycles. The highest BCUT2D eigenvalue weighted by atomic mass is 35.5. The van der Waals surface area contributed by atoms with E-state index in [2.05, 4.69) is 6.92 Å². The second kappa shape index (κ2) is 6.62. The summed E-state index contributed by atoms with van der Waals surface area (Å²) in [5, 5.41) is 2.00. The molecule has 1 aromatic rings. The Hall–Kier alpha value is -1.06. The number of hydroxylamine groups is 2. The largest absolute Gasteiger partial charge is 0.275 e. The molecule has 0 saturated heterocycles. The number of benzene rings is 1. The monoisotopic (exact) mass is 255 g/mol. The number of hydrogen-bond donors (Lipinski definition) is 0. The van der Waals surface area contributed by atoms with Crippen LogP contribution in [0.2, 0.25) is 5.02 Å². The Morgan fingerprint density at radius 1 is 1.41 bits per heavy atom. The Morgan fingerprint density at radius 3 is 2.53 bits per heavy atom. The van der Waals surface area contributed by atoms with Gasteiger partial charge in [0.1, 0.15) is 0 Å². The van der Waals surface area contributed by atoms with Crippen molar-refractivity contribution in [1.82, 2.24) is 5.06 Å². The molecule has 0 heterocycles. The lowest BCUT2D eigenvalue weighted by Crippen LogP contribution is -2.27. The molecule has 1 amide bonds. The first kappa shape index (κ1) is 14.0. The number of nitrogens with zero attached hydrogens (tertiary/aromatic N) is 1. The third-order valence-corrected chi connectivity index (χ3v) is 2.90. The molecule has 0 unspecified atom stereocenters. The van der Waals surface area contributed by atoms with Crippen LogP contribution in [0.4, 0.5) is 0 Å². The Morgan fingerprint density at radius 2 is 2.00 bits per heavy atom. The van der Waals surface area contributed by atoms with Gasteiger partial charge in [0, 0.05) is 18.5 Å². The maximum atomic E-state index is 11.6. The van der Waals surface area contributed by atoms with Gasteiger partial charge in [-0.2, -0.15) is 0 Å². The number of carbonyl (C=O) groups excluding carboxylic acids is 1. The van der Waals surface area contributed by atoms with E-state index in [1.165, 1.54) is 17.7 Å². The van der Waals surface area contributed by atoms with Crippen LogP contribution in [-0.4, -0.2) is 25.1 Å². The molecule has 1 atom stereocenters. The van der Waals surface area contributed by atoms with E-state index < -0.39 is 0 Å². The summed E-state index contributed by atoms with van der Waals surface area (Å²) in [7, 11) is 3.11. The van der Waals surface area contributed by atoms with Crippen LogP contribution in [-0.2, 0) is 16.1 Å². The molecule has 0 radical (unpaired) electrons. The van der Waals surface area contributed by atoms with Crippen LogP contribution in [0.15, 0.2) is 24.3 Å². The lowest BCUT2D eigenvalue weighted by Gasteiger charge is -2.17. The minimum atomic E-state index is -0.00559. The van der Waals surface area contributed by atoms with Gasteiger partial charge in [0.15, 0.2) is 0 Å². The molecule has 0 spiro atoms. The van der Waals surface area contributed by atoms with Gasteiger partial charge in [-0.3, -0.25) is 9.63 Å². The number of amides is 1. The molecule has 1 rings (SSSR count). The fourth-order valence-corrected chi connectivity index (χ4v) is 1.75. The summed E-state index contributed by atoms with van der Waals surface area (Å²) >= 11 is 5.82. The summed E-state index contributed by atoms with van der Waals surface area (Å²) < 4.78 is 0. The molecular formula is C13H18ClNO2. The first-order valence-electron chi connectivity index (χ1n) is 5.58. The van der Waals surface area contributed by atoms with E-state index in [1.54, 1.807) is 7.05 Å². The molecule has 0 fully saturated rings. The molecule has 3 nitrogen and oxygen atoms in total. The van der Waals surface area contributed by atoms with E-state index in [-0.39, 0.29) is 11.8 Å². The molecule has 0 aliphatic carbocycles. The zero-order valence-corrected chi connectivity index (χ0v) is 11.2. The van der Waals surface area contributed by atoms with Crippen LogP contribution in [0.1, 0.15) is 18.9 Å². The summed E-state index contributed by atoms with van der Waals surface area (Å²) in [5.41, 5.74) is 1.19. The highest BCUT2D eigenvalue weighted by molar-refractivity contribution is 6.30. The second-order valence-electron chi connectivity index (χ2n) is 4.21. The Kier molecular flexibility index (Phi) is 5.45. The van der Waals surface area contributed by atoms with Crippen molar-refractivity contribution in [2.45, 2.75) is 19.8 Å². The van der Waals surface area contributed by atoms with Crippen molar-refractivity contribution in [2.75, 3.05) is 14.2 Å². The number of hydrogen-bond acceptors (Lipinski definition) is 2. The Labute approximate surface area is 107 Å². The topological polar surface area (TPSA) is 29.5 Å². The van der Waals surface area contributed by atoms with Crippen LogP contribution >= 0.6 is 11.6 Å². The van der Waals surface area contributed by atoms with Crippen molar-refractivity contribution in [3.8, 4) is 0 Å². The summed E-state index contributed by atoms with van der Waals surface area (Å²) in [6.45, 7) is 2.05. The van der Waals surface area contributed by atoms with Crippen LogP contribution in [0, 0.1) is 5.92 Å². The van der Waals surface area contributed by atoms with Crippen molar-refractivity contribution in [1.29, 1.82) is 0 Å². The average molecular weight is 256 g/mol. The predicted octanol–water partition coefficient (Wildman–Crippen LogP) is 2.93. The van der Waals surface area contributed by atoms with Gasteiger partial charge in [-0.05, 0) is 30.0 Å². The summed E-state index contributed by atoms with van der Waals surface area (Å²) in [5.74, 6) is 0.273. The standard InChI is InChI=1S/C13H18ClNO2/c1-10(9-13(16)15(2)17-3)8-11-4-6-12(14)7-5-11/h4-7,10H,8-9H2,1-3H3/t10-/m0/s1. The molecular weight excluding hydrogens is 238 g/mol. The summed E-state index contributed by atoms with van der Waals surface area (Å²) in [6, 6.07) is 7.71. The van der Waals surface area contributed by atoms with Gasteiger partial charge in [-0.25, -0.2) is 5.06 Å². The molecule has 0 bridgehead atoms. The second-order valence-corrected chi connectivity index (χ2v) is 4.65. The minimum Gasteiger partial charge on any atom is -0.275 e. The number of rotatable bonds is 5. The fraction of sp³-hybridized carbons (Fsp3) is 0.462. The lowest BCUT2D eigenvalue weighted by atomic mass is 9.98. The molecule has 0 aliphatic heterocycles. The molecule has 4 heteroatoms. The molecule has 0 aromatic heterocycles. The first-order valence-corrected chi connectivity index (χ1v) is 5.96. The first-order chi connectivity index (χ1) is 8.02. The number of carbonyl (C=O) groups is 1. The van der Waals surface area contributed by atoms with Gasteiger partial charge < -0.3 is 0 Å². The van der Waals surface area contributed by atoms with Crippen molar-refractivity contribution in [3.63, 3.8) is 0 Å². The van der Waals surface area contributed by atoms with E-state index >= 15 is 0 Å². The zero-order chi connectivity index (χ0) is 12.8. The van der Waals surface area contributed by atoms with Crippen LogP contribution < -0.4 is 0 Å². The molecule has 0 aliphatic rings. The minimum absolute atomic E-state index is 0.00559. The van der Waals surface area contributed by atoms with Crippen molar-refractivity contribution in [3.05, 3.63) is 34.9 Å². The fourth-order valence-electron chi connectivity index (χ4n) is 1.62. The predicted molar refractivity (Wildman–Crippen MR) is 68.7 cm³/mol. The quantitative estimate of drug-likeness (QED) is 0.757. The maximum Gasteiger partial charge on any atom is 0.246 e. The Balaban J connectivity index is 2.47. The molecule has 17 heavy (non-hydrogen) atoms. The SMILES string of the molecule is CON(C)C(=O)C[C@@H](C)Cc1ccc(Cl)cc1. The maximum absolute atomic E-state index is 11.6. The van der Waals surface area contributed by atoms with E-state index in [0.717, 1.165) is 11.4 Å². The van der Waals surface area contributed by atoms with E-state index in [1.807, 2.05) is 24.3 Å². The van der Waals surface area contributed by atoms with E-state index in [0.29, 0.717) is 6.42 Å². The third kappa shape index (κ3) is 4.75. The van der Waals surface area contributed by atoms with Crippen molar-refractivity contribution in [2.24, 2.45) is 5.92 Å². The van der Waals surface area contributed by atoms with Gasteiger partial charge in [0.05, 0.1) is 7.11 Å². The highest BCUT2D eigenvalue weighted by Gasteiger charge is 2.13.